The molecule has 1 aliphatic carbocycles. The third kappa shape index (κ3) is 4.51. The fraction of sp³-hybridized carbons (Fsp3) is 0.423. The zero-order valence-electron chi connectivity index (χ0n) is 19.6. The molecule has 0 aromatic heterocycles. The lowest BCUT2D eigenvalue weighted by Gasteiger charge is -2.52. The van der Waals surface area contributed by atoms with Gasteiger partial charge in [-0.2, -0.15) is 11.8 Å². The molecule has 2 atom stereocenters. The fourth-order valence-corrected chi connectivity index (χ4v) is 5.55. The fourth-order valence-electron chi connectivity index (χ4n) is 5.07. The minimum absolute atomic E-state index is 0.0777. The van der Waals surface area contributed by atoms with Gasteiger partial charge in [-0.15, -0.1) is 0 Å². The number of thioether (sulfide) groups is 1. The Labute approximate surface area is 203 Å². The molecule has 1 unspecified atom stereocenters. The Morgan fingerprint density at radius 2 is 1.71 bits per heavy atom. The average Bonchev–Trinajstić information content (AvgIpc) is 3.12. The van der Waals surface area contributed by atoms with E-state index in [1.807, 2.05) is 56.5 Å². The maximum absolute atomic E-state index is 13.1. The molecule has 34 heavy (non-hydrogen) atoms. The zero-order valence-corrected chi connectivity index (χ0v) is 20.4. The second-order valence-electron chi connectivity index (χ2n) is 9.50. The van der Waals surface area contributed by atoms with Crippen LogP contribution in [0.15, 0.2) is 48.5 Å². The summed E-state index contributed by atoms with van der Waals surface area (Å²) < 4.78 is 5.60. The third-order valence-corrected chi connectivity index (χ3v) is 7.34. The molecule has 180 valence electrons. The highest BCUT2D eigenvalue weighted by atomic mass is 32.2. The first-order valence-corrected chi connectivity index (χ1v) is 12.8. The van der Waals surface area contributed by atoms with E-state index < -0.39 is 29.6 Å². The number of amides is 2. The van der Waals surface area contributed by atoms with Crippen molar-refractivity contribution in [3.05, 3.63) is 59.7 Å². The van der Waals surface area contributed by atoms with Crippen LogP contribution in [0.3, 0.4) is 0 Å². The number of nitrogens with one attached hydrogen (secondary N) is 1. The van der Waals surface area contributed by atoms with Crippen molar-refractivity contribution >= 4 is 29.7 Å². The molecule has 2 aromatic carbocycles. The number of rotatable bonds is 8. The maximum Gasteiger partial charge on any atom is 0.407 e. The molecule has 8 heteroatoms. The molecule has 4 rings (SSSR count). The van der Waals surface area contributed by atoms with Gasteiger partial charge in [-0.05, 0) is 40.7 Å². The lowest BCUT2D eigenvalue weighted by molar-refractivity contribution is -0.172. The van der Waals surface area contributed by atoms with Gasteiger partial charge in [0, 0.05) is 17.9 Å². The van der Waals surface area contributed by atoms with Gasteiger partial charge in [0.05, 0.1) is 0 Å². The number of carbonyl (C=O) groups excluding carboxylic acids is 2. The molecule has 0 spiro atoms. The zero-order chi connectivity index (χ0) is 24.5. The van der Waals surface area contributed by atoms with E-state index in [2.05, 4.69) is 17.4 Å². The van der Waals surface area contributed by atoms with E-state index >= 15 is 0 Å². The lowest BCUT2D eigenvalue weighted by atomic mass is 9.74. The molecule has 2 N–H and O–H groups in total. The average molecular weight is 483 g/mol. The Bertz CT molecular complexity index is 1060. The van der Waals surface area contributed by atoms with Gasteiger partial charge in [-0.1, -0.05) is 62.4 Å². The van der Waals surface area contributed by atoms with Gasteiger partial charge in [-0.3, -0.25) is 4.79 Å². The Morgan fingerprint density at radius 1 is 1.12 bits per heavy atom. The molecule has 1 aliphatic heterocycles. The highest BCUT2D eigenvalue weighted by molar-refractivity contribution is 7.98. The standard InChI is InChI=1S/C26H30N2O5S/c1-26(2)15-28(22(26)24(30)31)23(29)21(12-13-34-3)27-25(32)33-14-20-18-10-6-4-8-16(18)17-9-5-7-11-19(17)20/h4-11,20-22H,12-15H2,1-3H3,(H,27,32)(H,30,31)/t21-,22?/m0/s1. The summed E-state index contributed by atoms with van der Waals surface area (Å²) in [5, 5.41) is 12.3. The van der Waals surface area contributed by atoms with E-state index in [-0.39, 0.29) is 18.4 Å². The Balaban J connectivity index is 1.43. The van der Waals surface area contributed by atoms with Gasteiger partial charge in [0.25, 0.3) is 0 Å². The van der Waals surface area contributed by atoms with E-state index in [0.29, 0.717) is 18.7 Å². The number of nitrogens with zero attached hydrogens (tertiary/aromatic N) is 1. The molecular weight excluding hydrogens is 452 g/mol. The van der Waals surface area contributed by atoms with E-state index in [1.54, 1.807) is 11.8 Å². The molecule has 1 saturated heterocycles. The summed E-state index contributed by atoms with van der Waals surface area (Å²) in [6.45, 7) is 4.14. The molecule has 0 saturated carbocycles. The molecule has 0 radical (unpaired) electrons. The van der Waals surface area contributed by atoms with Crippen molar-refractivity contribution in [3.63, 3.8) is 0 Å². The summed E-state index contributed by atoms with van der Waals surface area (Å²) in [5.41, 5.74) is 3.99. The van der Waals surface area contributed by atoms with Gasteiger partial charge in [0.15, 0.2) is 0 Å². The van der Waals surface area contributed by atoms with Crippen molar-refractivity contribution in [2.24, 2.45) is 5.41 Å². The Kier molecular flexibility index (Phi) is 6.89. The van der Waals surface area contributed by atoms with E-state index in [9.17, 15) is 19.5 Å². The Morgan fingerprint density at radius 3 is 2.24 bits per heavy atom. The summed E-state index contributed by atoms with van der Waals surface area (Å²) in [6, 6.07) is 14.4. The van der Waals surface area contributed by atoms with Crippen LogP contribution in [0.4, 0.5) is 4.79 Å². The van der Waals surface area contributed by atoms with Gasteiger partial charge >= 0.3 is 12.1 Å². The molecule has 0 bridgehead atoms. The number of hydrogen-bond acceptors (Lipinski definition) is 5. The molecule has 1 fully saturated rings. The van der Waals surface area contributed by atoms with Gasteiger partial charge in [0.2, 0.25) is 5.91 Å². The lowest BCUT2D eigenvalue weighted by Crippen LogP contribution is -2.69. The second kappa shape index (κ2) is 9.70. The number of benzene rings is 2. The van der Waals surface area contributed by atoms with Crippen LogP contribution >= 0.6 is 11.8 Å². The van der Waals surface area contributed by atoms with Crippen molar-refractivity contribution in [1.29, 1.82) is 0 Å². The predicted molar refractivity (Wildman–Crippen MR) is 132 cm³/mol. The number of aliphatic carboxylic acids is 1. The number of hydrogen-bond donors (Lipinski definition) is 2. The molecule has 2 amide bonds. The number of fused-ring (bicyclic) bond motifs is 3. The van der Waals surface area contributed by atoms with E-state index in [4.69, 9.17) is 4.74 Å². The molecule has 2 aromatic rings. The van der Waals surface area contributed by atoms with Crippen LogP contribution in [-0.4, -0.2) is 65.2 Å². The highest BCUT2D eigenvalue weighted by Gasteiger charge is 2.53. The SMILES string of the molecule is CSCC[C@H](NC(=O)OCC1c2ccccc2-c2ccccc21)C(=O)N1CC(C)(C)C1C(=O)O. The van der Waals surface area contributed by atoms with Crippen LogP contribution in [0, 0.1) is 5.41 Å². The summed E-state index contributed by atoms with van der Waals surface area (Å²) in [6.07, 6.45) is 1.64. The number of likely N-dealkylation sites (tertiary alicyclic amines) is 1. The number of alkyl carbamates (subject to hydrolysis) is 1. The van der Waals surface area contributed by atoms with Crippen molar-refractivity contribution in [2.75, 3.05) is 25.2 Å². The topological polar surface area (TPSA) is 95.9 Å². The van der Waals surface area contributed by atoms with Crippen LogP contribution in [0.5, 0.6) is 0 Å². The van der Waals surface area contributed by atoms with Crippen LogP contribution in [0.1, 0.15) is 37.3 Å². The normalized spacial score (nSPS) is 18.9. The van der Waals surface area contributed by atoms with E-state index in [1.165, 1.54) is 4.90 Å². The van der Waals surface area contributed by atoms with Crippen LogP contribution in [0.2, 0.25) is 0 Å². The van der Waals surface area contributed by atoms with Crippen molar-refractivity contribution in [2.45, 2.75) is 38.3 Å². The maximum atomic E-state index is 13.1. The van der Waals surface area contributed by atoms with Gasteiger partial charge in [0.1, 0.15) is 18.7 Å². The minimum atomic E-state index is -1.03. The molecule has 1 heterocycles. The molecular formula is C26H30N2O5S. The van der Waals surface area contributed by atoms with Crippen LogP contribution in [0.25, 0.3) is 11.1 Å². The van der Waals surface area contributed by atoms with Crippen LogP contribution < -0.4 is 5.32 Å². The molecule has 2 aliphatic rings. The second-order valence-corrected chi connectivity index (χ2v) is 10.5. The van der Waals surface area contributed by atoms with Crippen molar-refractivity contribution in [1.82, 2.24) is 10.2 Å². The summed E-state index contributed by atoms with van der Waals surface area (Å²) in [7, 11) is 0. The number of carboxylic acid groups (broad SMARTS) is 1. The smallest absolute Gasteiger partial charge is 0.407 e. The monoisotopic (exact) mass is 482 g/mol. The molecule has 7 nitrogen and oxygen atoms in total. The summed E-state index contributed by atoms with van der Waals surface area (Å²) in [5.74, 6) is -0.843. The minimum Gasteiger partial charge on any atom is -0.480 e. The largest absolute Gasteiger partial charge is 0.480 e. The van der Waals surface area contributed by atoms with Crippen molar-refractivity contribution in [3.8, 4) is 11.1 Å². The predicted octanol–water partition coefficient (Wildman–Crippen LogP) is 3.97. The Hall–Kier alpha value is -3.00. The third-order valence-electron chi connectivity index (χ3n) is 6.69. The first kappa shape index (κ1) is 24.1. The summed E-state index contributed by atoms with van der Waals surface area (Å²) in [4.78, 5) is 38.9. The number of carbonyl (C=O) groups is 3. The van der Waals surface area contributed by atoms with Crippen molar-refractivity contribution < 1.29 is 24.2 Å². The first-order chi connectivity index (χ1) is 16.2. The first-order valence-electron chi connectivity index (χ1n) is 11.4. The van der Waals surface area contributed by atoms with Crippen LogP contribution in [-0.2, 0) is 14.3 Å². The van der Waals surface area contributed by atoms with Gasteiger partial charge in [-0.25, -0.2) is 9.59 Å². The highest BCUT2D eigenvalue weighted by Crippen LogP contribution is 2.44. The number of ether oxygens (including phenoxy) is 1. The van der Waals surface area contributed by atoms with E-state index in [0.717, 1.165) is 22.3 Å². The number of carboxylic acids is 1. The summed E-state index contributed by atoms with van der Waals surface area (Å²) >= 11 is 1.56. The quantitative estimate of drug-likeness (QED) is 0.591. The van der Waals surface area contributed by atoms with Gasteiger partial charge < -0.3 is 20.1 Å².